The van der Waals surface area contributed by atoms with Gasteiger partial charge in [-0.15, -0.1) is 0 Å². The molecule has 0 radical (unpaired) electrons. The number of furan rings is 1. The molecule has 0 amide bonds. The van der Waals surface area contributed by atoms with Crippen LogP contribution in [0.2, 0.25) is 0 Å². The maximum atomic E-state index is 13.7. The Morgan fingerprint density at radius 2 is 2.05 bits per heavy atom. The van der Waals surface area contributed by atoms with Crippen molar-refractivity contribution < 1.29 is 18.7 Å². The van der Waals surface area contributed by atoms with E-state index in [9.17, 15) is 14.4 Å². The first-order valence-electron chi connectivity index (χ1n) is 12.0. The Morgan fingerprint density at radius 1 is 1.23 bits per heavy atom. The van der Waals surface area contributed by atoms with Gasteiger partial charge in [0.05, 0.1) is 35.6 Å². The minimum Gasteiger partial charge on any atom is -0.497 e. The number of allylic oxidation sites excluding steroid dienone is 1. The number of aromatic amines is 1. The molecule has 1 atom stereocenters. The normalized spacial score (nSPS) is 15.2. The first kappa shape index (κ1) is 26.4. The number of aryl methyl sites for hydroxylation is 1. The number of fused-ring (bicyclic) bond motifs is 1. The fourth-order valence-electron chi connectivity index (χ4n) is 4.21. The number of H-pyrrole nitrogens is 1. The largest absolute Gasteiger partial charge is 0.497 e. The summed E-state index contributed by atoms with van der Waals surface area (Å²) in [6, 6.07) is 11.3. The van der Waals surface area contributed by atoms with Crippen LogP contribution in [-0.2, 0) is 9.53 Å². The molecule has 0 aliphatic carbocycles. The number of carbonyl (C=O) groups is 1. The Labute approximate surface area is 230 Å². The molecule has 5 rings (SSSR count). The molecule has 0 spiro atoms. The number of benzene rings is 1. The molecule has 0 saturated carbocycles. The average molecular weight is 565 g/mol. The summed E-state index contributed by atoms with van der Waals surface area (Å²) in [7, 11) is 1.56. The molecule has 10 nitrogen and oxygen atoms in total. The molecule has 39 heavy (non-hydrogen) atoms. The van der Waals surface area contributed by atoms with E-state index < -0.39 is 12.0 Å². The quantitative estimate of drug-likeness (QED) is 0.268. The van der Waals surface area contributed by atoms with Gasteiger partial charge in [0.1, 0.15) is 11.5 Å². The van der Waals surface area contributed by atoms with Crippen molar-refractivity contribution in [3.8, 4) is 5.75 Å². The summed E-state index contributed by atoms with van der Waals surface area (Å²) in [5, 5.41) is 0.901. The van der Waals surface area contributed by atoms with Gasteiger partial charge in [0, 0.05) is 17.8 Å². The van der Waals surface area contributed by atoms with E-state index in [1.54, 1.807) is 64.3 Å². The van der Waals surface area contributed by atoms with Crippen LogP contribution in [0.3, 0.4) is 0 Å². The summed E-state index contributed by atoms with van der Waals surface area (Å²) < 4.78 is 18.5. The monoisotopic (exact) mass is 564 g/mol. The lowest BCUT2D eigenvalue weighted by atomic mass is 9.95. The number of nitrogens with one attached hydrogen (secondary N) is 1. The third-order valence-corrected chi connectivity index (χ3v) is 7.64. The zero-order valence-electron chi connectivity index (χ0n) is 21.5. The van der Waals surface area contributed by atoms with E-state index in [0.717, 1.165) is 0 Å². The minimum atomic E-state index is -0.746. The van der Waals surface area contributed by atoms with E-state index >= 15 is 0 Å². The highest BCUT2D eigenvalue weighted by Crippen LogP contribution is 2.32. The molecular weight excluding hydrogens is 540 g/mol. The van der Waals surface area contributed by atoms with Gasteiger partial charge in [-0.05, 0) is 62.4 Å². The average Bonchev–Trinajstić information content (AvgIpc) is 3.46. The molecule has 0 saturated heterocycles. The van der Waals surface area contributed by atoms with Crippen molar-refractivity contribution in [3.05, 3.63) is 101 Å². The Bertz CT molecular complexity index is 1850. The van der Waals surface area contributed by atoms with Gasteiger partial charge in [0.15, 0.2) is 15.1 Å². The molecule has 4 aromatic rings. The molecule has 0 unspecified atom stereocenters. The third-order valence-electron chi connectivity index (χ3n) is 5.85. The van der Waals surface area contributed by atoms with Crippen molar-refractivity contribution >= 4 is 35.1 Å². The molecule has 0 bridgehead atoms. The predicted molar refractivity (Wildman–Crippen MR) is 146 cm³/mol. The second kappa shape index (κ2) is 10.9. The molecule has 3 aromatic heterocycles. The lowest BCUT2D eigenvalue weighted by Crippen LogP contribution is -2.39. The highest BCUT2D eigenvalue weighted by atomic mass is 32.2. The van der Waals surface area contributed by atoms with Crippen LogP contribution in [0.25, 0.3) is 6.08 Å². The van der Waals surface area contributed by atoms with E-state index in [0.29, 0.717) is 53.6 Å². The number of carbonyl (C=O) groups excluding carboxylic acids is 1. The van der Waals surface area contributed by atoms with Crippen molar-refractivity contribution in [1.82, 2.24) is 14.5 Å². The first-order valence-corrected chi connectivity index (χ1v) is 13.6. The van der Waals surface area contributed by atoms with Crippen LogP contribution in [0.4, 0.5) is 0 Å². The number of thiazole rings is 1. The Hall–Kier alpha value is -4.16. The number of ether oxygens (including phenoxy) is 2. The smallest absolute Gasteiger partial charge is 0.338 e. The predicted octanol–water partition coefficient (Wildman–Crippen LogP) is 2.94. The lowest BCUT2D eigenvalue weighted by Gasteiger charge is -2.24. The van der Waals surface area contributed by atoms with E-state index in [1.807, 2.05) is 6.07 Å². The summed E-state index contributed by atoms with van der Waals surface area (Å²) in [5.74, 6) is 0.505. The molecular formula is C27H24N4O6S2. The van der Waals surface area contributed by atoms with Crippen LogP contribution in [-0.4, -0.2) is 34.2 Å². The van der Waals surface area contributed by atoms with Crippen LogP contribution >= 0.6 is 23.1 Å². The zero-order chi connectivity index (χ0) is 27.7. The van der Waals surface area contributed by atoms with Crippen molar-refractivity contribution in [1.29, 1.82) is 0 Å². The topological polar surface area (TPSA) is 129 Å². The van der Waals surface area contributed by atoms with Crippen molar-refractivity contribution in [3.63, 3.8) is 0 Å². The van der Waals surface area contributed by atoms with E-state index in [4.69, 9.17) is 13.9 Å². The number of hydrogen-bond acceptors (Lipinski definition) is 10. The lowest BCUT2D eigenvalue weighted by molar-refractivity contribution is -0.139. The summed E-state index contributed by atoms with van der Waals surface area (Å²) in [6.45, 7) is 5.39. The van der Waals surface area contributed by atoms with Crippen molar-refractivity contribution in [2.24, 2.45) is 4.99 Å². The SMILES string of the molecule is CCOC(=O)C1=C(C)N=c2s/c(=C/c3ccc(Sc4nc(C)cc(=O)[nH]4)o3)c(=O)n2[C@@H]1c1cccc(OC)c1. The molecule has 1 N–H and O–H groups in total. The van der Waals surface area contributed by atoms with Crippen LogP contribution < -0.4 is 25.2 Å². The van der Waals surface area contributed by atoms with Gasteiger partial charge in [-0.1, -0.05) is 23.5 Å². The summed E-state index contributed by atoms with van der Waals surface area (Å²) in [5.41, 5.74) is 1.48. The fourth-order valence-corrected chi connectivity index (χ4v) is 6.04. The maximum absolute atomic E-state index is 13.7. The van der Waals surface area contributed by atoms with Gasteiger partial charge in [-0.3, -0.25) is 14.2 Å². The van der Waals surface area contributed by atoms with Gasteiger partial charge >= 0.3 is 5.97 Å². The highest BCUT2D eigenvalue weighted by molar-refractivity contribution is 7.99. The number of hydrogen-bond donors (Lipinski definition) is 1. The molecule has 1 aromatic carbocycles. The maximum Gasteiger partial charge on any atom is 0.338 e. The summed E-state index contributed by atoms with van der Waals surface area (Å²) in [4.78, 5) is 50.5. The Morgan fingerprint density at radius 3 is 2.79 bits per heavy atom. The number of methoxy groups -OCH3 is 1. The summed E-state index contributed by atoms with van der Waals surface area (Å²) >= 11 is 2.36. The zero-order valence-corrected chi connectivity index (χ0v) is 23.1. The number of aromatic nitrogens is 3. The molecule has 200 valence electrons. The second-order valence-electron chi connectivity index (χ2n) is 8.53. The standard InChI is InChI=1S/C27H24N4O6S2/c1-5-36-25(34)22-15(3)29-27-31(23(22)16-7-6-8-17(12-16)35-4)24(33)19(38-27)13-18-9-10-21(37-18)39-26-28-14(2)11-20(32)30-26/h6-13,23H,5H2,1-4H3,(H,28,30,32)/b19-13+/t23-/m1/s1. The van der Waals surface area contributed by atoms with Gasteiger partial charge in [0.25, 0.3) is 11.1 Å². The van der Waals surface area contributed by atoms with Crippen LogP contribution in [0.1, 0.15) is 36.9 Å². The minimum absolute atomic E-state index is 0.190. The third kappa shape index (κ3) is 5.38. The summed E-state index contributed by atoms with van der Waals surface area (Å²) in [6.07, 6.45) is 1.63. The molecule has 1 aliphatic heterocycles. The van der Waals surface area contributed by atoms with E-state index in [-0.39, 0.29) is 17.7 Å². The fraction of sp³-hybridized carbons (Fsp3) is 0.222. The molecule has 0 fully saturated rings. The van der Waals surface area contributed by atoms with Gasteiger partial charge in [0.2, 0.25) is 0 Å². The van der Waals surface area contributed by atoms with Gasteiger partial charge < -0.3 is 18.9 Å². The Kier molecular flexibility index (Phi) is 7.40. The number of rotatable bonds is 7. The van der Waals surface area contributed by atoms with Crippen LogP contribution in [0.15, 0.2) is 83.0 Å². The molecule has 1 aliphatic rings. The van der Waals surface area contributed by atoms with E-state index in [1.165, 1.54) is 33.7 Å². The van der Waals surface area contributed by atoms with Gasteiger partial charge in [-0.25, -0.2) is 14.8 Å². The molecule has 4 heterocycles. The number of nitrogens with zero attached hydrogens (tertiary/aromatic N) is 3. The highest BCUT2D eigenvalue weighted by Gasteiger charge is 2.33. The molecule has 12 heteroatoms. The van der Waals surface area contributed by atoms with E-state index in [2.05, 4.69) is 15.0 Å². The van der Waals surface area contributed by atoms with Gasteiger partial charge in [-0.2, -0.15) is 0 Å². The van der Waals surface area contributed by atoms with Crippen molar-refractivity contribution in [2.75, 3.05) is 13.7 Å². The Balaban J connectivity index is 1.58. The van der Waals surface area contributed by atoms with Crippen LogP contribution in [0, 0.1) is 6.92 Å². The first-order chi connectivity index (χ1) is 18.8. The number of esters is 1. The second-order valence-corrected chi connectivity index (χ2v) is 10.5. The van der Waals surface area contributed by atoms with Crippen LogP contribution in [0.5, 0.6) is 5.75 Å². The van der Waals surface area contributed by atoms with Crippen molar-refractivity contribution in [2.45, 2.75) is 37.1 Å².